The molecule has 0 aromatic heterocycles. The molecular weight excluding hydrogens is 330 g/mol. The third-order valence-corrected chi connectivity index (χ3v) is 5.05. The first kappa shape index (κ1) is 18.8. The van der Waals surface area contributed by atoms with E-state index in [-0.39, 0.29) is 30.7 Å². The first-order valence-corrected chi connectivity index (χ1v) is 9.02. The number of likely N-dealkylation sites (tertiary alicyclic amines) is 1. The quantitative estimate of drug-likeness (QED) is 0.571. The number of piperidine rings is 1. The van der Waals surface area contributed by atoms with E-state index in [9.17, 15) is 9.59 Å². The summed E-state index contributed by atoms with van der Waals surface area (Å²) in [6, 6.07) is 0.417. The molecule has 2 fully saturated rings. The number of amides is 1. The highest BCUT2D eigenvalue weighted by atomic mass is 32.1. The molecule has 1 N–H and O–H groups in total. The predicted molar refractivity (Wildman–Crippen MR) is 93.7 cm³/mol. The lowest BCUT2D eigenvalue weighted by molar-refractivity contribution is -0.139. The van der Waals surface area contributed by atoms with Gasteiger partial charge in [0.05, 0.1) is 13.2 Å². The number of methoxy groups -OCH3 is 1. The van der Waals surface area contributed by atoms with Gasteiger partial charge in [-0.3, -0.25) is 9.69 Å². The summed E-state index contributed by atoms with van der Waals surface area (Å²) in [6.45, 7) is 4.28. The number of nitrogens with zero attached hydrogens (tertiary/aromatic N) is 2. The van der Waals surface area contributed by atoms with Crippen molar-refractivity contribution in [1.29, 1.82) is 0 Å². The largest absolute Gasteiger partial charge is 0.468 e. The number of hydrogen-bond donors (Lipinski definition) is 1. The van der Waals surface area contributed by atoms with Gasteiger partial charge in [-0.15, -0.1) is 0 Å². The highest BCUT2D eigenvalue weighted by molar-refractivity contribution is 7.80. The first-order valence-electron chi connectivity index (χ1n) is 8.61. The molecule has 0 bridgehead atoms. The molecule has 24 heavy (non-hydrogen) atoms. The highest BCUT2D eigenvalue weighted by Gasteiger charge is 2.39. The number of nitrogens with one attached hydrogen (secondary N) is 1. The van der Waals surface area contributed by atoms with E-state index in [4.69, 9.17) is 17.0 Å². The lowest BCUT2D eigenvalue weighted by Crippen LogP contribution is -2.52. The average Bonchev–Trinajstić information content (AvgIpc) is 2.98. The van der Waals surface area contributed by atoms with Crippen LogP contribution >= 0.6 is 12.2 Å². The summed E-state index contributed by atoms with van der Waals surface area (Å²) in [5.41, 5.74) is 0. The summed E-state index contributed by atoms with van der Waals surface area (Å²) in [5, 5.41) is 3.47. The van der Waals surface area contributed by atoms with Crippen LogP contribution in [-0.4, -0.2) is 72.4 Å². The number of cyclic esters (lactones) is 1. The minimum absolute atomic E-state index is 0.0762. The number of carbonyl (C=O) groups is 2. The van der Waals surface area contributed by atoms with Crippen LogP contribution in [0.3, 0.4) is 0 Å². The molecule has 2 aliphatic rings. The van der Waals surface area contributed by atoms with Gasteiger partial charge in [-0.1, -0.05) is 19.8 Å². The second kappa shape index (κ2) is 9.05. The Balaban J connectivity index is 1.81. The van der Waals surface area contributed by atoms with Crippen LogP contribution in [-0.2, 0) is 14.3 Å². The average molecular weight is 357 g/mol. The van der Waals surface area contributed by atoms with E-state index in [1.54, 1.807) is 0 Å². The fraction of sp³-hybridized carbons (Fsp3) is 0.812. The second-order valence-corrected chi connectivity index (χ2v) is 6.62. The van der Waals surface area contributed by atoms with Crippen LogP contribution < -0.4 is 5.32 Å². The van der Waals surface area contributed by atoms with Gasteiger partial charge >= 0.3 is 12.1 Å². The third-order valence-electron chi connectivity index (χ3n) is 4.65. The topological polar surface area (TPSA) is 71.1 Å². The molecule has 0 radical (unpaired) electrons. The van der Waals surface area contributed by atoms with Gasteiger partial charge in [-0.2, -0.15) is 0 Å². The van der Waals surface area contributed by atoms with Crippen LogP contribution in [0.25, 0.3) is 0 Å². The normalized spacial score (nSPS) is 21.6. The Morgan fingerprint density at radius 1 is 1.42 bits per heavy atom. The summed E-state index contributed by atoms with van der Waals surface area (Å²) in [7, 11) is 1.35. The predicted octanol–water partition coefficient (Wildman–Crippen LogP) is 1.51. The molecule has 2 aliphatic heterocycles. The molecule has 2 saturated heterocycles. The van der Waals surface area contributed by atoms with Gasteiger partial charge in [0, 0.05) is 19.1 Å². The van der Waals surface area contributed by atoms with E-state index < -0.39 is 0 Å². The summed E-state index contributed by atoms with van der Waals surface area (Å²) in [4.78, 5) is 27.2. The van der Waals surface area contributed by atoms with Gasteiger partial charge in [-0.25, -0.2) is 4.79 Å². The molecule has 0 aromatic carbocycles. The first-order chi connectivity index (χ1) is 11.6. The van der Waals surface area contributed by atoms with Crippen LogP contribution in [0.4, 0.5) is 4.79 Å². The summed E-state index contributed by atoms with van der Waals surface area (Å²) >= 11 is 5.32. The van der Waals surface area contributed by atoms with Gasteiger partial charge in [-0.05, 0) is 31.5 Å². The van der Waals surface area contributed by atoms with Crippen molar-refractivity contribution in [3.05, 3.63) is 0 Å². The lowest BCUT2D eigenvalue weighted by Gasteiger charge is -2.38. The molecule has 1 amide bonds. The van der Waals surface area contributed by atoms with Gasteiger partial charge in [0.15, 0.2) is 5.11 Å². The van der Waals surface area contributed by atoms with Crippen LogP contribution in [0, 0.1) is 0 Å². The van der Waals surface area contributed by atoms with Crippen LogP contribution in [0.5, 0.6) is 0 Å². The van der Waals surface area contributed by atoms with Crippen molar-refractivity contribution in [2.75, 3.05) is 33.4 Å². The Bertz CT molecular complexity index is 466. The van der Waals surface area contributed by atoms with Gasteiger partial charge in [0.2, 0.25) is 0 Å². The summed E-state index contributed by atoms with van der Waals surface area (Å²) < 4.78 is 9.85. The third kappa shape index (κ3) is 4.72. The van der Waals surface area contributed by atoms with Gasteiger partial charge < -0.3 is 19.7 Å². The molecule has 2 rings (SSSR count). The van der Waals surface area contributed by atoms with Crippen molar-refractivity contribution in [1.82, 2.24) is 15.1 Å². The van der Waals surface area contributed by atoms with Crippen molar-refractivity contribution in [3.63, 3.8) is 0 Å². The van der Waals surface area contributed by atoms with Gasteiger partial charge in [0.25, 0.3) is 0 Å². The Morgan fingerprint density at radius 2 is 2.12 bits per heavy atom. The van der Waals surface area contributed by atoms with E-state index in [2.05, 4.69) is 17.0 Å². The lowest BCUT2D eigenvalue weighted by atomic mass is 10.0. The van der Waals surface area contributed by atoms with Crippen LogP contribution in [0.2, 0.25) is 0 Å². The molecule has 0 aromatic rings. The van der Waals surface area contributed by atoms with E-state index in [0.29, 0.717) is 11.7 Å². The van der Waals surface area contributed by atoms with Crippen molar-refractivity contribution >= 4 is 29.4 Å². The highest BCUT2D eigenvalue weighted by Crippen LogP contribution is 2.26. The number of esters is 1. The van der Waals surface area contributed by atoms with E-state index in [0.717, 1.165) is 45.2 Å². The zero-order valence-electron chi connectivity index (χ0n) is 14.5. The standard InChI is InChI=1S/C16H27N3O4S/c1-3-4-5-13-11-23-16(21)19(13)12-6-8-18(9-7-12)15(24)17-10-14(20)22-2/h12-13H,3-11H2,1-2H3,(H,17,24). The van der Waals surface area contributed by atoms with Crippen molar-refractivity contribution in [2.24, 2.45) is 0 Å². The number of thiocarbonyl (C=S) groups is 1. The molecule has 136 valence electrons. The van der Waals surface area contributed by atoms with E-state index >= 15 is 0 Å². The van der Waals surface area contributed by atoms with Crippen molar-refractivity contribution < 1.29 is 19.1 Å². The Hall–Kier alpha value is -1.57. The molecule has 0 saturated carbocycles. The molecule has 1 unspecified atom stereocenters. The van der Waals surface area contributed by atoms with E-state index in [1.807, 2.05) is 9.80 Å². The van der Waals surface area contributed by atoms with Crippen molar-refractivity contribution in [3.8, 4) is 0 Å². The maximum absolute atomic E-state index is 12.1. The molecule has 7 nitrogen and oxygen atoms in total. The fourth-order valence-corrected chi connectivity index (χ4v) is 3.51. The molecule has 2 heterocycles. The summed E-state index contributed by atoms with van der Waals surface area (Å²) in [5.74, 6) is -0.342. The zero-order chi connectivity index (χ0) is 17.5. The molecule has 8 heteroatoms. The number of carbonyl (C=O) groups excluding carboxylic acids is 2. The van der Waals surface area contributed by atoms with E-state index in [1.165, 1.54) is 7.11 Å². The SMILES string of the molecule is CCCCC1COC(=O)N1C1CCN(C(=S)NCC(=O)OC)CC1. The van der Waals surface area contributed by atoms with Crippen LogP contribution in [0.15, 0.2) is 0 Å². The number of unbranched alkanes of at least 4 members (excludes halogenated alkanes) is 1. The smallest absolute Gasteiger partial charge is 0.410 e. The Kier molecular flexibility index (Phi) is 7.08. The zero-order valence-corrected chi connectivity index (χ0v) is 15.3. The minimum atomic E-state index is -0.342. The minimum Gasteiger partial charge on any atom is -0.468 e. The molecule has 1 atom stereocenters. The maximum Gasteiger partial charge on any atom is 0.410 e. The fourth-order valence-electron chi connectivity index (χ4n) is 3.26. The van der Waals surface area contributed by atoms with Crippen molar-refractivity contribution in [2.45, 2.75) is 51.1 Å². The summed E-state index contributed by atoms with van der Waals surface area (Å²) in [6.07, 6.45) is 4.77. The number of hydrogen-bond acceptors (Lipinski definition) is 5. The molecule has 0 spiro atoms. The second-order valence-electron chi connectivity index (χ2n) is 6.23. The Labute approximate surface area is 148 Å². The Morgan fingerprint density at radius 3 is 2.75 bits per heavy atom. The molecule has 0 aliphatic carbocycles. The molecular formula is C16H27N3O4S. The number of ether oxygens (including phenoxy) is 2. The number of rotatable bonds is 6. The maximum atomic E-state index is 12.1. The monoisotopic (exact) mass is 357 g/mol. The van der Waals surface area contributed by atoms with Gasteiger partial charge in [0.1, 0.15) is 13.2 Å². The van der Waals surface area contributed by atoms with Crippen LogP contribution in [0.1, 0.15) is 39.0 Å².